The van der Waals surface area contributed by atoms with Gasteiger partial charge in [0.15, 0.2) is 5.78 Å². The summed E-state index contributed by atoms with van der Waals surface area (Å²) >= 11 is 9.24. The first kappa shape index (κ1) is 12.3. The first-order valence-electron chi connectivity index (χ1n) is 4.53. The number of rotatable bonds is 3. The van der Waals surface area contributed by atoms with E-state index in [4.69, 9.17) is 11.6 Å². The Bertz CT molecular complexity index is 429. The minimum atomic E-state index is 0.0373. The Morgan fingerprint density at radius 2 is 2.27 bits per heavy atom. The average Bonchev–Trinajstić information content (AvgIpc) is 2.17. The molecule has 78 valence electrons. The minimum Gasteiger partial charge on any atom is -0.294 e. The zero-order valence-electron chi connectivity index (χ0n) is 8.31. The van der Waals surface area contributed by atoms with Gasteiger partial charge in [-0.05, 0) is 25.1 Å². The molecule has 3 heteroatoms. The van der Waals surface area contributed by atoms with E-state index in [-0.39, 0.29) is 5.78 Å². The molecule has 1 aromatic carbocycles. The molecule has 0 aliphatic rings. The Balaban J connectivity index is 2.76. The van der Waals surface area contributed by atoms with Crippen LogP contribution in [0.25, 0.3) is 0 Å². The molecule has 15 heavy (non-hydrogen) atoms. The smallest absolute Gasteiger partial charge is 0.165 e. The Hall–Kier alpha value is -0.780. The Morgan fingerprint density at radius 3 is 2.87 bits per heavy atom. The normalized spacial score (nSPS) is 9.27. The predicted octanol–water partition coefficient (Wildman–Crippen LogP) is 4.09. The minimum absolute atomic E-state index is 0.0373. The van der Waals surface area contributed by atoms with Crippen LogP contribution >= 0.6 is 27.5 Å². The lowest BCUT2D eigenvalue weighted by Crippen LogP contribution is -1.99. The number of hydrogen-bond donors (Lipinski definition) is 0. The van der Waals surface area contributed by atoms with E-state index in [9.17, 15) is 4.79 Å². The monoisotopic (exact) mass is 284 g/mol. The van der Waals surface area contributed by atoms with Crippen molar-refractivity contribution in [1.29, 1.82) is 0 Å². The van der Waals surface area contributed by atoms with Crippen molar-refractivity contribution in [3.8, 4) is 11.8 Å². The van der Waals surface area contributed by atoms with E-state index in [1.54, 1.807) is 19.1 Å². The fourth-order valence-electron chi connectivity index (χ4n) is 1.15. The highest BCUT2D eigenvalue weighted by molar-refractivity contribution is 9.10. The highest BCUT2D eigenvalue weighted by Crippen LogP contribution is 2.22. The van der Waals surface area contributed by atoms with Crippen LogP contribution in [0.5, 0.6) is 0 Å². The maximum Gasteiger partial charge on any atom is 0.165 e. The van der Waals surface area contributed by atoms with E-state index < -0.39 is 0 Å². The summed E-state index contributed by atoms with van der Waals surface area (Å²) in [6.07, 6.45) is 1.00. The van der Waals surface area contributed by atoms with Gasteiger partial charge in [0.2, 0.25) is 0 Å². The lowest BCUT2D eigenvalue weighted by Gasteiger charge is -2.02. The van der Waals surface area contributed by atoms with Crippen molar-refractivity contribution in [1.82, 2.24) is 0 Å². The van der Waals surface area contributed by atoms with Gasteiger partial charge in [0.25, 0.3) is 0 Å². The molecule has 0 saturated carbocycles. The summed E-state index contributed by atoms with van der Waals surface area (Å²) in [5, 5.41) is 0.485. The van der Waals surface area contributed by atoms with Gasteiger partial charge < -0.3 is 0 Å². The fourth-order valence-corrected chi connectivity index (χ4v) is 1.93. The lowest BCUT2D eigenvalue weighted by molar-refractivity contribution is 0.0984. The molecule has 0 spiro atoms. The molecule has 0 N–H and O–H groups in total. The maximum absolute atomic E-state index is 11.7. The summed E-state index contributed by atoms with van der Waals surface area (Å²) in [5.41, 5.74) is 0.567. The van der Waals surface area contributed by atoms with Crippen LogP contribution in [0.15, 0.2) is 22.7 Å². The molecule has 0 bridgehead atoms. The third-order valence-corrected chi connectivity index (χ3v) is 2.69. The van der Waals surface area contributed by atoms with Crippen molar-refractivity contribution in [2.45, 2.75) is 19.8 Å². The molecule has 0 heterocycles. The van der Waals surface area contributed by atoms with Gasteiger partial charge in [-0.15, -0.1) is 11.8 Å². The SMILES string of the molecule is CC#CCCC(=O)c1ccc(Br)cc1Cl. The molecule has 0 radical (unpaired) electrons. The van der Waals surface area contributed by atoms with Crippen molar-refractivity contribution < 1.29 is 4.79 Å². The van der Waals surface area contributed by atoms with Crippen molar-refractivity contribution in [3.05, 3.63) is 33.3 Å². The summed E-state index contributed by atoms with van der Waals surface area (Å²) < 4.78 is 0.873. The van der Waals surface area contributed by atoms with Crippen LogP contribution in [-0.2, 0) is 0 Å². The number of carbonyl (C=O) groups excluding carboxylic acids is 1. The van der Waals surface area contributed by atoms with Crippen molar-refractivity contribution >= 4 is 33.3 Å². The van der Waals surface area contributed by atoms with Crippen LogP contribution in [0.2, 0.25) is 5.02 Å². The Labute approximate surface area is 103 Å². The highest BCUT2D eigenvalue weighted by atomic mass is 79.9. The first-order valence-corrected chi connectivity index (χ1v) is 5.70. The van der Waals surface area contributed by atoms with Crippen LogP contribution in [-0.4, -0.2) is 5.78 Å². The largest absolute Gasteiger partial charge is 0.294 e. The summed E-state index contributed by atoms with van der Waals surface area (Å²) in [6, 6.07) is 5.26. The van der Waals surface area contributed by atoms with Crippen LogP contribution in [0.1, 0.15) is 30.1 Å². The second kappa shape index (κ2) is 5.95. The van der Waals surface area contributed by atoms with E-state index in [1.165, 1.54) is 0 Å². The molecular formula is C12H10BrClO. The second-order valence-electron chi connectivity index (χ2n) is 2.97. The second-order valence-corrected chi connectivity index (χ2v) is 4.30. The Kier molecular flexibility index (Phi) is 4.87. The van der Waals surface area contributed by atoms with Crippen LogP contribution in [0, 0.1) is 11.8 Å². The molecule has 1 rings (SSSR count). The summed E-state index contributed by atoms with van der Waals surface area (Å²) in [4.78, 5) is 11.7. The van der Waals surface area contributed by atoms with Crippen molar-refractivity contribution in [2.75, 3.05) is 0 Å². The van der Waals surface area contributed by atoms with Gasteiger partial charge in [-0.1, -0.05) is 27.5 Å². The zero-order valence-corrected chi connectivity index (χ0v) is 10.7. The summed E-state index contributed by atoms with van der Waals surface area (Å²) in [6.45, 7) is 1.76. The van der Waals surface area contributed by atoms with Gasteiger partial charge in [0.1, 0.15) is 0 Å². The van der Waals surface area contributed by atoms with Crippen LogP contribution in [0.3, 0.4) is 0 Å². The van der Waals surface area contributed by atoms with Crippen molar-refractivity contribution in [2.24, 2.45) is 0 Å². The first-order chi connectivity index (χ1) is 7.15. The highest BCUT2D eigenvalue weighted by Gasteiger charge is 2.09. The number of carbonyl (C=O) groups is 1. The van der Waals surface area contributed by atoms with E-state index >= 15 is 0 Å². The molecule has 0 aromatic heterocycles. The molecule has 1 nitrogen and oxygen atoms in total. The average molecular weight is 286 g/mol. The number of ketones is 1. The molecule has 0 fully saturated rings. The van der Waals surface area contributed by atoms with Crippen molar-refractivity contribution in [3.63, 3.8) is 0 Å². The van der Waals surface area contributed by atoms with E-state index in [1.807, 2.05) is 6.07 Å². The lowest BCUT2D eigenvalue weighted by atomic mass is 10.1. The van der Waals surface area contributed by atoms with E-state index in [0.29, 0.717) is 23.4 Å². The zero-order chi connectivity index (χ0) is 11.3. The topological polar surface area (TPSA) is 17.1 Å². The standard InChI is InChI=1S/C12H10BrClO/c1-2-3-4-5-12(15)10-7-6-9(13)8-11(10)14/h6-8H,4-5H2,1H3. The molecule has 0 aliphatic heterocycles. The molecule has 0 amide bonds. The van der Waals surface area contributed by atoms with Crippen LogP contribution in [0.4, 0.5) is 0 Å². The summed E-state index contributed by atoms with van der Waals surface area (Å²) in [7, 11) is 0. The molecule has 0 saturated heterocycles. The molecule has 0 unspecified atom stereocenters. The maximum atomic E-state index is 11.7. The summed E-state index contributed by atoms with van der Waals surface area (Å²) in [5.74, 6) is 5.65. The van der Waals surface area contributed by atoms with Gasteiger partial charge in [0, 0.05) is 22.9 Å². The number of Topliss-reactive ketones (excluding diaryl/α,β-unsaturated/α-hetero) is 1. The predicted molar refractivity (Wildman–Crippen MR) is 66.2 cm³/mol. The van der Waals surface area contributed by atoms with Gasteiger partial charge >= 0.3 is 0 Å². The van der Waals surface area contributed by atoms with Gasteiger partial charge in [-0.3, -0.25) is 4.79 Å². The quantitative estimate of drug-likeness (QED) is 0.604. The molecule has 0 atom stereocenters. The fraction of sp³-hybridized carbons (Fsp3) is 0.250. The molecule has 0 aliphatic carbocycles. The Morgan fingerprint density at radius 1 is 1.53 bits per heavy atom. The van der Waals surface area contributed by atoms with Crippen LogP contribution < -0.4 is 0 Å². The van der Waals surface area contributed by atoms with Gasteiger partial charge in [0.05, 0.1) is 5.02 Å². The van der Waals surface area contributed by atoms with Gasteiger partial charge in [-0.2, -0.15) is 0 Å². The number of halogens is 2. The molecular weight excluding hydrogens is 275 g/mol. The number of benzene rings is 1. The molecule has 1 aromatic rings. The number of hydrogen-bond acceptors (Lipinski definition) is 1. The van der Waals surface area contributed by atoms with Gasteiger partial charge in [-0.25, -0.2) is 0 Å². The third kappa shape index (κ3) is 3.70. The van der Waals surface area contributed by atoms with E-state index in [0.717, 1.165) is 4.47 Å². The van der Waals surface area contributed by atoms with E-state index in [2.05, 4.69) is 27.8 Å². The third-order valence-electron chi connectivity index (χ3n) is 1.89.